The third kappa shape index (κ3) is 5.43. The summed E-state index contributed by atoms with van der Waals surface area (Å²) in [6, 6.07) is 12.0. The maximum atomic E-state index is 13.1. The molecule has 3 aromatic rings. The fourth-order valence-corrected chi connectivity index (χ4v) is 4.43. The molecule has 0 saturated carbocycles. The van der Waals surface area contributed by atoms with Gasteiger partial charge < -0.3 is 4.42 Å². The highest BCUT2D eigenvalue weighted by Gasteiger charge is 2.17. The molecule has 1 aromatic heterocycles. The number of allylic oxidation sites excluding steroid dienone is 1. The van der Waals surface area contributed by atoms with Crippen molar-refractivity contribution < 1.29 is 13.6 Å². The molecule has 0 amide bonds. The molecule has 0 N–H and O–H groups in total. The number of nitrogens with zero attached hydrogens (tertiary/aromatic N) is 2. The molecular formula is C26H29FN2O3. The first-order valence-electron chi connectivity index (χ1n) is 11.3. The van der Waals surface area contributed by atoms with Crippen molar-refractivity contribution in [3.8, 4) is 0 Å². The Morgan fingerprint density at radius 1 is 1.09 bits per heavy atom. The first-order chi connectivity index (χ1) is 15.5. The lowest BCUT2D eigenvalue weighted by atomic mass is 9.93. The Bertz CT molecular complexity index is 1160. The summed E-state index contributed by atoms with van der Waals surface area (Å²) in [7, 11) is 0. The lowest BCUT2D eigenvalue weighted by molar-refractivity contribution is 0.101. The second-order valence-electron chi connectivity index (χ2n) is 8.62. The van der Waals surface area contributed by atoms with Gasteiger partial charge in [-0.1, -0.05) is 24.3 Å². The van der Waals surface area contributed by atoms with Crippen molar-refractivity contribution in [3.63, 3.8) is 0 Å². The minimum absolute atomic E-state index is 0.0560. The quantitative estimate of drug-likeness (QED) is 0.393. The largest absolute Gasteiger partial charge is 0.420 e. The molecule has 1 unspecified atom stereocenters. The summed E-state index contributed by atoms with van der Waals surface area (Å²) in [5, 5.41) is 0. The average Bonchev–Trinajstić information content (AvgIpc) is 2.92. The van der Waals surface area contributed by atoms with Crippen molar-refractivity contribution in [1.82, 2.24) is 9.47 Å². The molecule has 1 saturated heterocycles. The molecular weight excluding hydrogens is 407 g/mol. The molecule has 1 aliphatic rings. The van der Waals surface area contributed by atoms with Crippen LogP contribution in [0.5, 0.6) is 0 Å². The van der Waals surface area contributed by atoms with E-state index in [-0.39, 0.29) is 11.6 Å². The highest BCUT2D eigenvalue weighted by atomic mass is 19.1. The van der Waals surface area contributed by atoms with Crippen molar-refractivity contribution in [2.75, 3.05) is 19.6 Å². The Labute approximate surface area is 187 Å². The first kappa shape index (κ1) is 22.2. The Morgan fingerprint density at radius 3 is 2.66 bits per heavy atom. The molecule has 0 spiro atoms. The molecule has 32 heavy (non-hydrogen) atoms. The summed E-state index contributed by atoms with van der Waals surface area (Å²) in [6.45, 7) is 4.88. The van der Waals surface area contributed by atoms with Gasteiger partial charge in [0.1, 0.15) is 5.82 Å². The zero-order chi connectivity index (χ0) is 22.5. The van der Waals surface area contributed by atoms with E-state index in [1.54, 1.807) is 34.9 Å². The summed E-state index contributed by atoms with van der Waals surface area (Å²) in [5.41, 5.74) is 2.88. The van der Waals surface area contributed by atoms with Crippen LogP contribution in [0.15, 0.2) is 63.8 Å². The SMILES string of the molecule is CC(=O)c1ccc2c(c1)oc(=O)n2CC=CCN1CCCC(Cc2ccc(F)cc2)CC1. The van der Waals surface area contributed by atoms with Gasteiger partial charge in [-0.2, -0.15) is 0 Å². The number of carbonyl (C=O) groups excluding carboxylic acids is 1. The van der Waals surface area contributed by atoms with Gasteiger partial charge in [-0.3, -0.25) is 14.3 Å². The van der Waals surface area contributed by atoms with Crippen molar-refractivity contribution in [2.45, 2.75) is 39.2 Å². The van der Waals surface area contributed by atoms with E-state index >= 15 is 0 Å². The summed E-state index contributed by atoms with van der Waals surface area (Å²) < 4.78 is 20.0. The second-order valence-corrected chi connectivity index (χ2v) is 8.62. The van der Waals surface area contributed by atoms with E-state index < -0.39 is 5.76 Å². The van der Waals surface area contributed by atoms with Crippen molar-refractivity contribution >= 4 is 16.9 Å². The summed E-state index contributed by atoms with van der Waals surface area (Å²) >= 11 is 0. The molecule has 1 atom stereocenters. The number of benzene rings is 2. The van der Waals surface area contributed by atoms with Crippen molar-refractivity contribution in [1.29, 1.82) is 0 Å². The minimum Gasteiger partial charge on any atom is -0.408 e. The molecule has 4 rings (SSSR count). The zero-order valence-corrected chi connectivity index (χ0v) is 18.4. The second kappa shape index (κ2) is 10.1. The lowest BCUT2D eigenvalue weighted by Crippen LogP contribution is -2.25. The van der Waals surface area contributed by atoms with Crippen LogP contribution in [0.25, 0.3) is 11.1 Å². The predicted molar refractivity (Wildman–Crippen MR) is 124 cm³/mol. The number of rotatable bonds is 7. The lowest BCUT2D eigenvalue weighted by Gasteiger charge is -2.18. The van der Waals surface area contributed by atoms with Crippen molar-refractivity contribution in [3.05, 3.63) is 82.1 Å². The monoisotopic (exact) mass is 436 g/mol. The molecule has 168 valence electrons. The van der Waals surface area contributed by atoms with E-state index in [0.29, 0.717) is 29.1 Å². The van der Waals surface area contributed by atoms with Crippen LogP contribution in [0.1, 0.15) is 42.1 Å². The fourth-order valence-electron chi connectivity index (χ4n) is 4.43. The topological polar surface area (TPSA) is 55.5 Å². The van der Waals surface area contributed by atoms with Gasteiger partial charge in [-0.05, 0) is 87.5 Å². The summed E-state index contributed by atoms with van der Waals surface area (Å²) in [6.07, 6.45) is 8.59. The number of fused-ring (bicyclic) bond motifs is 1. The zero-order valence-electron chi connectivity index (χ0n) is 18.4. The number of ketones is 1. The van der Waals surface area contributed by atoms with E-state index in [2.05, 4.69) is 11.0 Å². The molecule has 1 fully saturated rings. The Hall–Kier alpha value is -2.99. The number of hydrogen-bond acceptors (Lipinski definition) is 4. The number of likely N-dealkylation sites (tertiary alicyclic amines) is 1. The highest BCUT2D eigenvalue weighted by Crippen LogP contribution is 2.22. The standard InChI is InChI=1S/C26H29FN2O3/c1-19(30)22-8-11-24-25(18-22)32-26(31)29(24)15-3-2-13-28-14-4-5-20(12-16-28)17-21-6-9-23(27)10-7-21/h2-3,6-11,18,20H,4-5,12-17H2,1H3. The van der Waals surface area contributed by atoms with E-state index in [0.717, 1.165) is 38.9 Å². The maximum Gasteiger partial charge on any atom is 0.420 e. The number of oxazole rings is 1. The molecule has 0 bridgehead atoms. The van der Waals surface area contributed by atoms with Crippen molar-refractivity contribution in [2.24, 2.45) is 5.92 Å². The molecule has 1 aliphatic heterocycles. The van der Waals surface area contributed by atoms with Gasteiger partial charge in [-0.25, -0.2) is 9.18 Å². The number of halogens is 1. The number of hydrogen-bond donors (Lipinski definition) is 0. The van der Waals surface area contributed by atoms with Crippen LogP contribution < -0.4 is 5.76 Å². The average molecular weight is 437 g/mol. The summed E-state index contributed by atoms with van der Waals surface area (Å²) in [4.78, 5) is 26.2. The Morgan fingerprint density at radius 2 is 1.88 bits per heavy atom. The predicted octanol–water partition coefficient (Wildman–Crippen LogP) is 4.84. The molecule has 6 heteroatoms. The van der Waals surface area contributed by atoms with Crippen LogP contribution in [0.3, 0.4) is 0 Å². The van der Waals surface area contributed by atoms with Crippen LogP contribution in [0.2, 0.25) is 0 Å². The Kier molecular flexibility index (Phi) is 7.00. The van der Waals surface area contributed by atoms with E-state index in [1.807, 2.05) is 18.2 Å². The van der Waals surface area contributed by atoms with Gasteiger partial charge >= 0.3 is 5.76 Å². The van der Waals surface area contributed by atoms with Crippen LogP contribution in [0.4, 0.5) is 4.39 Å². The van der Waals surface area contributed by atoms with Gasteiger partial charge in [0.25, 0.3) is 0 Å². The van der Waals surface area contributed by atoms with Gasteiger partial charge in [0, 0.05) is 18.7 Å². The van der Waals surface area contributed by atoms with Crippen LogP contribution in [0, 0.1) is 11.7 Å². The van der Waals surface area contributed by atoms with Crippen LogP contribution in [-0.2, 0) is 13.0 Å². The highest BCUT2D eigenvalue weighted by molar-refractivity contribution is 5.96. The molecule has 2 heterocycles. The molecule has 0 radical (unpaired) electrons. The van der Waals surface area contributed by atoms with Crippen LogP contribution in [-0.4, -0.2) is 34.9 Å². The molecule has 5 nitrogen and oxygen atoms in total. The maximum absolute atomic E-state index is 13.1. The van der Waals surface area contributed by atoms with Gasteiger partial charge in [-0.15, -0.1) is 0 Å². The number of Topliss-reactive ketones (excluding diaryl/α,β-unsaturated/α-hetero) is 1. The molecule has 0 aliphatic carbocycles. The van der Waals surface area contributed by atoms with Gasteiger partial charge in [0.2, 0.25) is 0 Å². The number of aromatic nitrogens is 1. The van der Waals surface area contributed by atoms with E-state index in [9.17, 15) is 14.0 Å². The number of carbonyl (C=O) groups is 1. The van der Waals surface area contributed by atoms with E-state index in [1.165, 1.54) is 18.9 Å². The normalized spacial score (nSPS) is 17.8. The third-order valence-corrected chi connectivity index (χ3v) is 6.27. The first-order valence-corrected chi connectivity index (χ1v) is 11.3. The molecule has 2 aromatic carbocycles. The summed E-state index contributed by atoms with van der Waals surface area (Å²) in [5.74, 6) is -0.0208. The smallest absolute Gasteiger partial charge is 0.408 e. The van der Waals surface area contributed by atoms with Gasteiger partial charge in [0.05, 0.1) is 5.52 Å². The fraction of sp³-hybridized carbons (Fsp3) is 0.385. The van der Waals surface area contributed by atoms with E-state index in [4.69, 9.17) is 4.42 Å². The minimum atomic E-state index is -0.413. The Balaban J connectivity index is 1.30. The third-order valence-electron chi connectivity index (χ3n) is 6.27. The van der Waals surface area contributed by atoms with Gasteiger partial charge in [0.15, 0.2) is 11.4 Å². The van der Waals surface area contributed by atoms with Crippen LogP contribution >= 0.6 is 0 Å².